The molecule has 1 heterocycles. The number of unbranched alkanes of at least 4 members (excludes halogenated alkanes) is 1. The number of rotatable bonds is 4. The molecule has 21 heavy (non-hydrogen) atoms. The van der Waals surface area contributed by atoms with Crippen LogP contribution in [0.3, 0.4) is 0 Å². The molecule has 3 fully saturated rings. The fraction of sp³-hybridized carbons (Fsp3) is 0.941. The molecule has 0 aromatic rings. The highest BCUT2D eigenvalue weighted by Crippen LogP contribution is 2.74. The lowest BCUT2D eigenvalue weighted by atomic mass is 9.57. The van der Waals surface area contributed by atoms with Gasteiger partial charge in [0.15, 0.2) is 0 Å². The number of hydrogen-bond acceptors (Lipinski definition) is 3. The molecule has 2 unspecified atom stereocenters. The summed E-state index contributed by atoms with van der Waals surface area (Å²) in [6.07, 6.45) is 6.27. The zero-order chi connectivity index (χ0) is 15.3. The second-order valence-electron chi connectivity index (χ2n) is 8.42. The van der Waals surface area contributed by atoms with Crippen molar-refractivity contribution >= 4 is 6.09 Å². The number of amides is 1. The van der Waals surface area contributed by atoms with E-state index >= 15 is 0 Å². The van der Waals surface area contributed by atoms with E-state index < -0.39 is 5.60 Å². The summed E-state index contributed by atoms with van der Waals surface area (Å²) in [5.41, 5.74) is 0.0733. The van der Waals surface area contributed by atoms with Crippen molar-refractivity contribution in [2.24, 2.45) is 17.3 Å². The Morgan fingerprint density at radius 2 is 2.19 bits per heavy atom. The molecule has 0 radical (unpaired) electrons. The van der Waals surface area contributed by atoms with Gasteiger partial charge in [-0.05, 0) is 51.4 Å². The average molecular weight is 294 g/mol. The zero-order valence-electron chi connectivity index (χ0n) is 13.9. The third kappa shape index (κ3) is 2.56. The topological polar surface area (TPSA) is 50.4 Å². The van der Waals surface area contributed by atoms with E-state index in [0.29, 0.717) is 11.3 Å². The van der Waals surface area contributed by atoms with E-state index in [1.807, 2.05) is 20.8 Å². The van der Waals surface area contributed by atoms with Gasteiger partial charge in [0, 0.05) is 19.0 Å². The number of nitrogens with one attached hydrogen (secondary N) is 2. The van der Waals surface area contributed by atoms with Crippen LogP contribution in [-0.2, 0) is 4.74 Å². The second-order valence-corrected chi connectivity index (χ2v) is 8.42. The zero-order valence-corrected chi connectivity index (χ0v) is 13.9. The van der Waals surface area contributed by atoms with Gasteiger partial charge in [0.05, 0.1) is 5.54 Å². The summed E-state index contributed by atoms with van der Waals surface area (Å²) in [6.45, 7) is 9.97. The van der Waals surface area contributed by atoms with Crippen molar-refractivity contribution < 1.29 is 9.53 Å². The Hall–Kier alpha value is -0.770. The van der Waals surface area contributed by atoms with Crippen LogP contribution in [0.2, 0.25) is 0 Å². The van der Waals surface area contributed by atoms with Crippen molar-refractivity contribution in [2.45, 2.75) is 70.9 Å². The van der Waals surface area contributed by atoms with Gasteiger partial charge in [-0.1, -0.05) is 19.8 Å². The number of fused-ring (bicyclic) bond motifs is 2. The Morgan fingerprint density at radius 3 is 2.86 bits per heavy atom. The maximum absolute atomic E-state index is 12.1. The van der Waals surface area contributed by atoms with Crippen LogP contribution in [0.1, 0.15) is 59.8 Å². The van der Waals surface area contributed by atoms with Gasteiger partial charge in [-0.3, -0.25) is 0 Å². The van der Waals surface area contributed by atoms with Gasteiger partial charge in [-0.2, -0.15) is 0 Å². The van der Waals surface area contributed by atoms with Crippen LogP contribution in [0.4, 0.5) is 4.79 Å². The Balaban J connectivity index is 1.59. The van der Waals surface area contributed by atoms with Gasteiger partial charge in [-0.15, -0.1) is 0 Å². The molecule has 4 heteroatoms. The van der Waals surface area contributed by atoms with E-state index in [4.69, 9.17) is 4.74 Å². The summed E-state index contributed by atoms with van der Waals surface area (Å²) in [4.78, 5) is 12.1. The highest BCUT2D eigenvalue weighted by Gasteiger charge is 2.74. The molecule has 0 aromatic heterocycles. The number of ether oxygens (including phenoxy) is 1. The normalized spacial score (nSPS) is 40.6. The van der Waals surface area contributed by atoms with Crippen molar-refractivity contribution in [1.82, 2.24) is 10.6 Å². The molecule has 3 rings (SSSR count). The quantitative estimate of drug-likeness (QED) is 0.838. The first-order chi connectivity index (χ1) is 9.81. The molecule has 1 amide bonds. The molecule has 1 spiro atoms. The maximum atomic E-state index is 12.1. The molecule has 2 aliphatic carbocycles. The largest absolute Gasteiger partial charge is 0.444 e. The lowest BCUT2D eigenvalue weighted by molar-refractivity contribution is -0.00487. The first kappa shape index (κ1) is 15.1. The summed E-state index contributed by atoms with van der Waals surface area (Å²) >= 11 is 0. The van der Waals surface area contributed by atoms with Crippen LogP contribution in [0.5, 0.6) is 0 Å². The Bertz CT molecular complexity index is 431. The molecule has 1 saturated heterocycles. The summed E-state index contributed by atoms with van der Waals surface area (Å²) < 4.78 is 5.45. The van der Waals surface area contributed by atoms with Crippen LogP contribution in [0, 0.1) is 17.3 Å². The molecule has 4 nitrogen and oxygen atoms in total. The minimum atomic E-state index is -0.424. The van der Waals surface area contributed by atoms with Gasteiger partial charge in [0.25, 0.3) is 0 Å². The van der Waals surface area contributed by atoms with E-state index in [1.54, 1.807) is 0 Å². The molecule has 1 aliphatic heterocycles. The lowest BCUT2D eigenvalue weighted by Crippen LogP contribution is -2.66. The molecule has 2 N–H and O–H groups in total. The minimum Gasteiger partial charge on any atom is -0.444 e. The summed E-state index contributed by atoms with van der Waals surface area (Å²) in [7, 11) is 0. The standard InChI is InChI=1S/C17H30N2O2/c1-5-6-7-12-8-16(12)10-17(11-18-9-13(16)17)19-14(20)21-15(2,3)4/h12-13,18H,5-11H2,1-4H3,(H,19,20)/t12?,13-,16?,17+/m0/s1. The monoisotopic (exact) mass is 294 g/mol. The number of alkyl carbamates (subject to hydrolysis) is 1. The van der Waals surface area contributed by atoms with Gasteiger partial charge in [-0.25, -0.2) is 4.79 Å². The van der Waals surface area contributed by atoms with Crippen LogP contribution in [-0.4, -0.2) is 30.3 Å². The summed E-state index contributed by atoms with van der Waals surface area (Å²) in [6, 6.07) is 0. The van der Waals surface area contributed by atoms with E-state index in [9.17, 15) is 4.79 Å². The molecule has 120 valence electrons. The fourth-order valence-corrected chi connectivity index (χ4v) is 4.84. The first-order valence-electron chi connectivity index (χ1n) is 8.53. The number of carbonyl (C=O) groups is 1. The Morgan fingerprint density at radius 1 is 1.43 bits per heavy atom. The van der Waals surface area contributed by atoms with E-state index in [0.717, 1.165) is 25.4 Å². The highest BCUT2D eigenvalue weighted by atomic mass is 16.6. The molecule has 4 atom stereocenters. The summed E-state index contributed by atoms with van der Waals surface area (Å²) in [5, 5.41) is 6.69. The second kappa shape index (κ2) is 4.87. The molecular formula is C17H30N2O2. The van der Waals surface area contributed by atoms with Gasteiger partial charge in [0.1, 0.15) is 5.60 Å². The maximum Gasteiger partial charge on any atom is 0.408 e. The van der Waals surface area contributed by atoms with Crippen molar-refractivity contribution in [3.8, 4) is 0 Å². The van der Waals surface area contributed by atoms with Gasteiger partial charge in [0.2, 0.25) is 0 Å². The lowest BCUT2D eigenvalue weighted by Gasteiger charge is -2.53. The van der Waals surface area contributed by atoms with E-state index in [-0.39, 0.29) is 11.6 Å². The fourth-order valence-electron chi connectivity index (χ4n) is 4.84. The number of carbonyl (C=O) groups excluding carboxylic acids is 1. The van der Waals surface area contributed by atoms with Gasteiger partial charge >= 0.3 is 6.09 Å². The van der Waals surface area contributed by atoms with Crippen LogP contribution >= 0.6 is 0 Å². The minimum absolute atomic E-state index is 0.0384. The molecule has 3 aliphatic rings. The van der Waals surface area contributed by atoms with E-state index in [2.05, 4.69) is 17.6 Å². The third-order valence-corrected chi connectivity index (χ3v) is 5.73. The average Bonchev–Trinajstić information content (AvgIpc) is 2.95. The molecular weight excluding hydrogens is 264 g/mol. The predicted octanol–water partition coefficient (Wildman–Crippen LogP) is 3.07. The molecule has 0 aromatic carbocycles. The predicted molar refractivity (Wildman–Crippen MR) is 83.1 cm³/mol. The van der Waals surface area contributed by atoms with Gasteiger partial charge < -0.3 is 15.4 Å². The molecule has 2 saturated carbocycles. The van der Waals surface area contributed by atoms with Crippen LogP contribution in [0.25, 0.3) is 0 Å². The Kier molecular flexibility index (Phi) is 3.51. The Labute approximate surface area is 128 Å². The van der Waals surface area contributed by atoms with E-state index in [1.165, 1.54) is 25.7 Å². The van der Waals surface area contributed by atoms with Crippen LogP contribution < -0.4 is 10.6 Å². The van der Waals surface area contributed by atoms with Crippen molar-refractivity contribution in [1.29, 1.82) is 0 Å². The van der Waals surface area contributed by atoms with Crippen molar-refractivity contribution in [3.63, 3.8) is 0 Å². The SMILES string of the molecule is CCCCC1CC12C[C@@]1(NC(=O)OC(C)(C)C)CNC[C@@H]21. The van der Waals surface area contributed by atoms with Crippen molar-refractivity contribution in [2.75, 3.05) is 13.1 Å². The van der Waals surface area contributed by atoms with Crippen molar-refractivity contribution in [3.05, 3.63) is 0 Å². The third-order valence-electron chi connectivity index (χ3n) is 5.73. The highest BCUT2D eigenvalue weighted by molar-refractivity contribution is 5.69. The van der Waals surface area contributed by atoms with Crippen LogP contribution in [0.15, 0.2) is 0 Å². The molecule has 0 bridgehead atoms. The smallest absolute Gasteiger partial charge is 0.408 e. The summed E-state index contributed by atoms with van der Waals surface area (Å²) in [5.74, 6) is 1.51. The number of hydrogen-bond donors (Lipinski definition) is 2. The first-order valence-corrected chi connectivity index (χ1v) is 8.53.